The highest BCUT2D eigenvalue weighted by Gasteiger charge is 2.29. The number of nitrogens with zero attached hydrogens (tertiary/aromatic N) is 2. The number of aryl methyl sites for hydroxylation is 1. The maximum atomic E-state index is 12.8. The van der Waals surface area contributed by atoms with Gasteiger partial charge in [-0.1, -0.05) is 6.07 Å². The Morgan fingerprint density at radius 1 is 1.43 bits per heavy atom. The van der Waals surface area contributed by atoms with Gasteiger partial charge in [0.15, 0.2) is 0 Å². The Labute approximate surface area is 138 Å². The van der Waals surface area contributed by atoms with Gasteiger partial charge in [0.05, 0.1) is 3.79 Å². The van der Waals surface area contributed by atoms with E-state index < -0.39 is 10.0 Å². The third-order valence-corrected chi connectivity index (χ3v) is 7.64. The van der Waals surface area contributed by atoms with Crippen LogP contribution >= 0.6 is 27.3 Å². The highest BCUT2D eigenvalue weighted by Crippen LogP contribution is 2.33. The molecule has 0 aliphatic heterocycles. The Bertz CT molecular complexity index is 692. The summed E-state index contributed by atoms with van der Waals surface area (Å²) in [7, 11) is -3.51. The minimum Gasteiger partial charge on any atom is -0.264 e. The summed E-state index contributed by atoms with van der Waals surface area (Å²) in [6.07, 6.45) is 3.37. The highest BCUT2D eigenvalue weighted by atomic mass is 79.9. The zero-order chi connectivity index (χ0) is 15.6. The number of hydrogen-bond donors (Lipinski definition) is 0. The van der Waals surface area contributed by atoms with Crippen molar-refractivity contribution in [2.24, 2.45) is 0 Å². The molecule has 0 unspecified atom stereocenters. The molecule has 0 N–H and O–H groups in total. The van der Waals surface area contributed by atoms with Crippen molar-refractivity contribution in [2.45, 2.75) is 37.6 Å². The van der Waals surface area contributed by atoms with Crippen LogP contribution in [0.25, 0.3) is 0 Å². The van der Waals surface area contributed by atoms with Crippen molar-refractivity contribution in [3.05, 3.63) is 45.5 Å². The van der Waals surface area contributed by atoms with Crippen LogP contribution in [-0.4, -0.2) is 23.7 Å². The molecule has 0 bridgehead atoms. The Balaban J connectivity index is 2.37. The van der Waals surface area contributed by atoms with Crippen molar-refractivity contribution in [1.29, 1.82) is 0 Å². The lowest BCUT2D eigenvalue weighted by Gasteiger charge is -2.25. The van der Waals surface area contributed by atoms with Gasteiger partial charge < -0.3 is 0 Å². The van der Waals surface area contributed by atoms with Gasteiger partial charge in [-0.2, -0.15) is 4.31 Å². The SMILES string of the molecule is Cc1cc(S(=O)(=O)N(Cc2cccnc2)C(C)C)sc1Br. The number of hydrogen-bond acceptors (Lipinski definition) is 4. The predicted octanol–water partition coefficient (Wildman–Crippen LogP) is 3.81. The van der Waals surface area contributed by atoms with Crippen LogP contribution in [0.4, 0.5) is 0 Å². The third-order valence-electron chi connectivity index (χ3n) is 3.03. The lowest BCUT2D eigenvalue weighted by Crippen LogP contribution is -2.36. The number of pyridine rings is 1. The van der Waals surface area contributed by atoms with Gasteiger partial charge >= 0.3 is 0 Å². The average molecular weight is 389 g/mol. The number of halogens is 1. The van der Waals surface area contributed by atoms with Crippen molar-refractivity contribution in [2.75, 3.05) is 0 Å². The van der Waals surface area contributed by atoms with E-state index in [4.69, 9.17) is 0 Å². The fourth-order valence-electron chi connectivity index (χ4n) is 1.89. The Morgan fingerprint density at radius 3 is 2.62 bits per heavy atom. The van der Waals surface area contributed by atoms with Crippen molar-refractivity contribution in [1.82, 2.24) is 9.29 Å². The van der Waals surface area contributed by atoms with Crippen LogP contribution in [-0.2, 0) is 16.6 Å². The molecule has 4 nitrogen and oxygen atoms in total. The van der Waals surface area contributed by atoms with Gasteiger partial charge in [-0.15, -0.1) is 11.3 Å². The van der Waals surface area contributed by atoms with Crippen molar-refractivity contribution >= 4 is 37.3 Å². The molecule has 2 aromatic heterocycles. The Morgan fingerprint density at radius 2 is 2.14 bits per heavy atom. The molecule has 0 aliphatic rings. The molecule has 2 aromatic rings. The maximum absolute atomic E-state index is 12.8. The summed E-state index contributed by atoms with van der Waals surface area (Å²) >= 11 is 4.64. The Hall–Kier alpha value is -0.760. The molecule has 2 heterocycles. The molecule has 114 valence electrons. The molecule has 7 heteroatoms. The molecule has 0 aromatic carbocycles. The molecule has 0 saturated heterocycles. The highest BCUT2D eigenvalue weighted by molar-refractivity contribution is 9.11. The second kappa shape index (κ2) is 6.56. The van der Waals surface area contributed by atoms with E-state index in [0.717, 1.165) is 14.9 Å². The van der Waals surface area contributed by atoms with Gasteiger partial charge in [0, 0.05) is 25.0 Å². The van der Waals surface area contributed by atoms with Gasteiger partial charge in [-0.05, 0) is 60.0 Å². The van der Waals surface area contributed by atoms with Crippen molar-refractivity contribution in [3.8, 4) is 0 Å². The van der Waals surface area contributed by atoms with E-state index in [2.05, 4.69) is 20.9 Å². The minimum atomic E-state index is -3.51. The largest absolute Gasteiger partial charge is 0.264 e. The van der Waals surface area contributed by atoms with Gasteiger partial charge in [0.1, 0.15) is 4.21 Å². The molecule has 0 atom stereocenters. The molecule has 0 radical (unpaired) electrons. The first-order valence-electron chi connectivity index (χ1n) is 6.49. The standard InChI is InChI=1S/C14H17BrN2O2S2/c1-10(2)17(9-12-5-4-6-16-8-12)21(18,19)13-7-11(3)14(15)20-13/h4-8,10H,9H2,1-3H3. The summed E-state index contributed by atoms with van der Waals surface area (Å²) in [5.41, 5.74) is 1.81. The second-order valence-corrected chi connectivity index (χ2v) is 9.51. The summed E-state index contributed by atoms with van der Waals surface area (Å²) < 4.78 is 28.4. The van der Waals surface area contributed by atoms with Crippen LogP contribution in [0, 0.1) is 6.92 Å². The summed E-state index contributed by atoms with van der Waals surface area (Å²) in [6.45, 7) is 5.97. The molecular weight excluding hydrogens is 372 g/mol. The van der Waals surface area contributed by atoms with Crippen LogP contribution in [0.1, 0.15) is 25.0 Å². The van der Waals surface area contributed by atoms with E-state index in [0.29, 0.717) is 10.8 Å². The fraction of sp³-hybridized carbons (Fsp3) is 0.357. The molecule has 21 heavy (non-hydrogen) atoms. The van der Waals surface area contributed by atoms with Crippen LogP contribution in [0.5, 0.6) is 0 Å². The second-order valence-electron chi connectivity index (χ2n) is 5.03. The van der Waals surface area contributed by atoms with E-state index in [9.17, 15) is 8.42 Å². The van der Waals surface area contributed by atoms with Crippen molar-refractivity contribution in [3.63, 3.8) is 0 Å². The molecule has 0 spiro atoms. The first-order chi connectivity index (χ1) is 9.82. The maximum Gasteiger partial charge on any atom is 0.253 e. The van der Waals surface area contributed by atoms with Crippen LogP contribution < -0.4 is 0 Å². The van der Waals surface area contributed by atoms with Gasteiger partial charge in [-0.25, -0.2) is 8.42 Å². The first-order valence-corrected chi connectivity index (χ1v) is 9.54. The van der Waals surface area contributed by atoms with Crippen molar-refractivity contribution < 1.29 is 8.42 Å². The van der Waals surface area contributed by atoms with Crippen LogP contribution in [0.3, 0.4) is 0 Å². The van der Waals surface area contributed by atoms with Crippen LogP contribution in [0.2, 0.25) is 0 Å². The van der Waals surface area contributed by atoms with E-state index in [-0.39, 0.29) is 6.04 Å². The van der Waals surface area contributed by atoms with Crippen LogP contribution in [0.15, 0.2) is 38.6 Å². The summed E-state index contributed by atoms with van der Waals surface area (Å²) in [5, 5.41) is 0. The quantitative estimate of drug-likeness (QED) is 0.781. The lowest BCUT2D eigenvalue weighted by molar-refractivity contribution is 0.348. The minimum absolute atomic E-state index is 0.128. The van der Waals surface area contributed by atoms with E-state index in [1.807, 2.05) is 32.9 Å². The van der Waals surface area contributed by atoms with E-state index in [1.165, 1.54) is 15.6 Å². The molecule has 0 amide bonds. The number of sulfonamides is 1. The monoisotopic (exact) mass is 388 g/mol. The summed E-state index contributed by atoms with van der Waals surface area (Å²) in [4.78, 5) is 4.04. The number of aromatic nitrogens is 1. The number of thiophene rings is 1. The molecule has 0 aliphatic carbocycles. The fourth-order valence-corrected chi connectivity index (χ4v) is 5.87. The third kappa shape index (κ3) is 3.71. The smallest absolute Gasteiger partial charge is 0.253 e. The van der Waals surface area contributed by atoms with Gasteiger partial charge in [0.2, 0.25) is 0 Å². The lowest BCUT2D eigenvalue weighted by atomic mass is 10.2. The Kier molecular flexibility index (Phi) is 5.19. The van der Waals surface area contributed by atoms with E-state index >= 15 is 0 Å². The van der Waals surface area contributed by atoms with Gasteiger partial charge in [-0.3, -0.25) is 4.98 Å². The molecule has 0 saturated carbocycles. The molecule has 2 rings (SSSR count). The predicted molar refractivity (Wildman–Crippen MR) is 88.9 cm³/mol. The molecule has 0 fully saturated rings. The average Bonchev–Trinajstić information content (AvgIpc) is 2.77. The summed E-state index contributed by atoms with van der Waals surface area (Å²) in [5.74, 6) is 0. The van der Waals surface area contributed by atoms with Gasteiger partial charge in [0.25, 0.3) is 10.0 Å². The zero-order valence-corrected chi connectivity index (χ0v) is 15.3. The number of rotatable bonds is 5. The van der Waals surface area contributed by atoms with E-state index in [1.54, 1.807) is 18.5 Å². The zero-order valence-electron chi connectivity index (χ0n) is 12.1. The first kappa shape index (κ1) is 16.6. The molecular formula is C14H17BrN2O2S2. The topological polar surface area (TPSA) is 50.3 Å². The normalized spacial score (nSPS) is 12.3. The summed E-state index contributed by atoms with van der Waals surface area (Å²) in [6, 6.07) is 5.28.